The molecule has 3 unspecified atom stereocenters. The summed E-state index contributed by atoms with van der Waals surface area (Å²) >= 11 is 0. The summed E-state index contributed by atoms with van der Waals surface area (Å²) in [6.45, 7) is 17.3. The van der Waals surface area contributed by atoms with Crippen molar-refractivity contribution in [1.29, 1.82) is 0 Å². The lowest BCUT2D eigenvalue weighted by Gasteiger charge is -2.59. The molecule has 0 bridgehead atoms. The summed E-state index contributed by atoms with van der Waals surface area (Å²) in [6.07, 6.45) is 18.0. The first-order chi connectivity index (χ1) is 13.2. The van der Waals surface area contributed by atoms with Crippen LogP contribution in [-0.2, 0) is 0 Å². The van der Waals surface area contributed by atoms with E-state index in [0.717, 1.165) is 23.7 Å². The minimum Gasteiger partial charge on any atom is -0.0856 e. The Morgan fingerprint density at radius 2 is 1.75 bits per heavy atom. The van der Waals surface area contributed by atoms with E-state index in [1.54, 1.807) is 5.57 Å². The largest absolute Gasteiger partial charge is 0.0856 e. The molecule has 3 aliphatic carbocycles. The Morgan fingerprint density at radius 1 is 1.04 bits per heavy atom. The minimum atomic E-state index is 0.587. The van der Waals surface area contributed by atoms with E-state index in [-0.39, 0.29) is 0 Å². The molecular weight excluding hydrogens is 336 g/mol. The van der Waals surface area contributed by atoms with Crippen molar-refractivity contribution in [1.82, 2.24) is 0 Å². The van der Waals surface area contributed by atoms with Crippen LogP contribution in [0, 0.1) is 34.5 Å². The predicted molar refractivity (Wildman–Crippen MR) is 124 cm³/mol. The second-order valence-corrected chi connectivity index (χ2v) is 11.6. The Morgan fingerprint density at radius 3 is 2.43 bits per heavy atom. The third kappa shape index (κ3) is 3.91. The van der Waals surface area contributed by atoms with Crippen LogP contribution in [0.2, 0.25) is 0 Å². The molecule has 0 N–H and O–H groups in total. The van der Waals surface area contributed by atoms with Crippen molar-refractivity contribution in [3.05, 3.63) is 22.8 Å². The first kappa shape index (κ1) is 22.2. The maximum absolute atomic E-state index is 2.71. The van der Waals surface area contributed by atoms with E-state index in [1.807, 2.05) is 5.57 Å². The molecular formula is C28H48. The molecule has 0 spiro atoms. The van der Waals surface area contributed by atoms with Crippen LogP contribution in [0.15, 0.2) is 22.8 Å². The summed E-state index contributed by atoms with van der Waals surface area (Å²) in [5.74, 6) is 3.77. The second kappa shape index (κ2) is 8.69. The van der Waals surface area contributed by atoms with Crippen LogP contribution in [0.5, 0.6) is 0 Å². The molecule has 0 radical (unpaired) electrons. The van der Waals surface area contributed by atoms with Crippen LogP contribution in [0.4, 0.5) is 0 Å². The van der Waals surface area contributed by atoms with Crippen molar-refractivity contribution >= 4 is 0 Å². The molecule has 0 aromatic carbocycles. The van der Waals surface area contributed by atoms with Crippen LogP contribution in [0.1, 0.15) is 119 Å². The highest BCUT2D eigenvalue weighted by Gasteiger charge is 2.58. The maximum atomic E-state index is 2.71. The van der Waals surface area contributed by atoms with Crippen molar-refractivity contribution in [2.75, 3.05) is 0 Å². The molecule has 0 heteroatoms. The molecule has 160 valence electrons. The van der Waals surface area contributed by atoms with Crippen molar-refractivity contribution < 1.29 is 0 Å². The third-order valence-corrected chi connectivity index (χ3v) is 9.82. The lowest BCUT2D eigenvalue weighted by molar-refractivity contribution is -0.0978. The van der Waals surface area contributed by atoms with Gasteiger partial charge in [0, 0.05) is 0 Å². The molecule has 0 aliphatic heterocycles. The van der Waals surface area contributed by atoms with Crippen LogP contribution in [0.25, 0.3) is 0 Å². The monoisotopic (exact) mass is 384 g/mol. The number of hydrogen-bond donors (Lipinski definition) is 0. The fourth-order valence-electron chi connectivity index (χ4n) is 7.79. The Kier molecular flexibility index (Phi) is 6.88. The van der Waals surface area contributed by atoms with Gasteiger partial charge in [0.15, 0.2) is 0 Å². The molecule has 0 nitrogen and oxygen atoms in total. The Labute approximate surface area is 176 Å². The molecule has 0 aromatic heterocycles. The normalized spacial score (nSPS) is 42.0. The van der Waals surface area contributed by atoms with Gasteiger partial charge >= 0.3 is 0 Å². The highest BCUT2D eigenvalue weighted by Crippen LogP contribution is 2.67. The predicted octanol–water partition coefficient (Wildman–Crippen LogP) is 9.12. The van der Waals surface area contributed by atoms with Gasteiger partial charge in [0.2, 0.25) is 0 Å². The molecule has 0 amide bonds. The van der Waals surface area contributed by atoms with E-state index in [0.29, 0.717) is 10.8 Å². The van der Waals surface area contributed by atoms with Gasteiger partial charge in [-0.15, -0.1) is 0 Å². The van der Waals surface area contributed by atoms with Crippen LogP contribution >= 0.6 is 0 Å². The van der Waals surface area contributed by atoms with Gasteiger partial charge < -0.3 is 0 Å². The molecule has 6 atom stereocenters. The van der Waals surface area contributed by atoms with E-state index in [4.69, 9.17) is 0 Å². The Balaban J connectivity index is 1.81. The molecule has 3 rings (SSSR count). The highest BCUT2D eigenvalue weighted by molar-refractivity contribution is 5.26. The molecule has 28 heavy (non-hydrogen) atoms. The molecule has 0 aromatic rings. The number of rotatable bonds is 6. The van der Waals surface area contributed by atoms with E-state index in [1.165, 1.54) is 76.2 Å². The van der Waals surface area contributed by atoms with Gasteiger partial charge in [-0.25, -0.2) is 0 Å². The fraction of sp³-hybridized carbons (Fsp3) is 0.857. The van der Waals surface area contributed by atoms with Crippen molar-refractivity contribution in [2.45, 2.75) is 119 Å². The minimum absolute atomic E-state index is 0.587. The smallest absolute Gasteiger partial charge is 0.0144 e. The van der Waals surface area contributed by atoms with Gasteiger partial charge in [0.05, 0.1) is 0 Å². The average molecular weight is 385 g/mol. The number of unbranched alkanes of at least 4 members (excludes halogenated alkanes) is 1. The summed E-state index contributed by atoms with van der Waals surface area (Å²) in [5, 5.41) is 0. The van der Waals surface area contributed by atoms with Crippen LogP contribution < -0.4 is 0 Å². The lowest BCUT2D eigenvalue weighted by Crippen LogP contribution is -2.52. The standard InChI is InChI=1S/C28H48/c1-8-9-18-27(6)22(5)13-14-26-25(27)16-15-24-23(17-19-28(24,26)7)21(4)12-10-11-20(2)3/h11,22,24-26H,8-10,12-19H2,1-7H3/b23-21-/t22?,24?,25-,26?,27+,28+/m1/s1. The number of allylic oxidation sites excluding steroid dienone is 4. The van der Waals surface area contributed by atoms with Crippen LogP contribution in [0.3, 0.4) is 0 Å². The Bertz CT molecular complexity index is 604. The van der Waals surface area contributed by atoms with Crippen molar-refractivity contribution in [3.63, 3.8) is 0 Å². The molecule has 0 heterocycles. The van der Waals surface area contributed by atoms with Crippen LogP contribution in [-0.4, -0.2) is 0 Å². The molecule has 3 aliphatic rings. The average Bonchev–Trinajstić information content (AvgIpc) is 3.00. The van der Waals surface area contributed by atoms with Gasteiger partial charge in [-0.1, -0.05) is 63.3 Å². The Hall–Kier alpha value is -0.520. The van der Waals surface area contributed by atoms with E-state index in [9.17, 15) is 0 Å². The van der Waals surface area contributed by atoms with Gasteiger partial charge in [-0.2, -0.15) is 0 Å². The third-order valence-electron chi connectivity index (χ3n) is 9.82. The highest BCUT2D eigenvalue weighted by atomic mass is 14.6. The summed E-state index contributed by atoms with van der Waals surface area (Å²) < 4.78 is 0. The lowest BCUT2D eigenvalue weighted by atomic mass is 9.45. The van der Waals surface area contributed by atoms with Gasteiger partial charge in [-0.3, -0.25) is 0 Å². The zero-order valence-electron chi connectivity index (χ0n) is 20.2. The summed E-state index contributed by atoms with van der Waals surface area (Å²) in [7, 11) is 0. The first-order valence-corrected chi connectivity index (χ1v) is 12.6. The zero-order valence-corrected chi connectivity index (χ0v) is 20.2. The summed E-state index contributed by atoms with van der Waals surface area (Å²) in [6, 6.07) is 0. The first-order valence-electron chi connectivity index (χ1n) is 12.6. The topological polar surface area (TPSA) is 0 Å². The van der Waals surface area contributed by atoms with Crippen molar-refractivity contribution in [2.24, 2.45) is 34.5 Å². The maximum Gasteiger partial charge on any atom is -0.0144 e. The summed E-state index contributed by atoms with van der Waals surface area (Å²) in [4.78, 5) is 0. The second-order valence-electron chi connectivity index (χ2n) is 11.6. The van der Waals surface area contributed by atoms with Crippen molar-refractivity contribution in [3.8, 4) is 0 Å². The van der Waals surface area contributed by atoms with E-state index in [2.05, 4.69) is 54.5 Å². The molecule has 3 saturated carbocycles. The van der Waals surface area contributed by atoms with E-state index >= 15 is 0 Å². The van der Waals surface area contributed by atoms with Gasteiger partial charge in [-0.05, 0) is 113 Å². The van der Waals surface area contributed by atoms with E-state index < -0.39 is 0 Å². The number of fused-ring (bicyclic) bond motifs is 3. The fourth-order valence-corrected chi connectivity index (χ4v) is 7.79. The molecule has 3 fully saturated rings. The molecule has 0 saturated heterocycles. The zero-order chi connectivity index (χ0) is 20.5. The van der Waals surface area contributed by atoms with Gasteiger partial charge in [0.1, 0.15) is 0 Å². The van der Waals surface area contributed by atoms with Gasteiger partial charge in [0.25, 0.3) is 0 Å². The SMILES string of the molecule is CCCC[C@@]1(C)C(C)CCC2[C@H]1CCC1/C(=C(/C)CCC=C(C)C)CC[C@@]12C. The summed E-state index contributed by atoms with van der Waals surface area (Å²) in [5.41, 5.74) is 6.28. The quantitative estimate of drug-likeness (QED) is 0.400. The number of hydrogen-bond acceptors (Lipinski definition) is 0.